The van der Waals surface area contributed by atoms with Crippen molar-refractivity contribution in [3.8, 4) is 0 Å². The van der Waals surface area contributed by atoms with Gasteiger partial charge in [0.05, 0.1) is 0 Å². The van der Waals surface area contributed by atoms with Gasteiger partial charge in [0.15, 0.2) is 0 Å². The van der Waals surface area contributed by atoms with Crippen LogP contribution < -0.4 is 0 Å². The van der Waals surface area contributed by atoms with Crippen LogP contribution in [-0.4, -0.2) is 58.4 Å². The third kappa shape index (κ3) is 3.59. The minimum atomic E-state index is -0.970. The normalized spacial score (nSPS) is 20.9. The highest BCUT2D eigenvalue weighted by atomic mass is 16.4. The molecule has 1 N–H and O–H groups in total. The minimum Gasteiger partial charge on any atom is -0.480 e. The molecule has 1 aromatic carbocycles. The molecule has 0 bridgehead atoms. The van der Waals surface area contributed by atoms with Crippen molar-refractivity contribution in [1.29, 1.82) is 0 Å². The highest BCUT2D eigenvalue weighted by Gasteiger charge is 2.43. The number of nitrogens with zero attached hydrogens (tertiary/aromatic N) is 2. The van der Waals surface area contributed by atoms with Crippen LogP contribution in [0.15, 0.2) is 24.3 Å². The lowest BCUT2D eigenvalue weighted by molar-refractivity contribution is -0.154. The first-order valence-electron chi connectivity index (χ1n) is 9.20. The predicted molar refractivity (Wildman–Crippen MR) is 96.8 cm³/mol. The fraction of sp³-hybridized carbons (Fsp3) is 0.550. The van der Waals surface area contributed by atoms with Crippen LogP contribution in [0.4, 0.5) is 0 Å². The van der Waals surface area contributed by atoms with Crippen LogP contribution >= 0.6 is 0 Å². The van der Waals surface area contributed by atoms with E-state index in [2.05, 4.69) is 0 Å². The molecule has 140 valence electrons. The zero-order valence-corrected chi connectivity index (χ0v) is 15.4. The summed E-state index contributed by atoms with van der Waals surface area (Å²) in [7, 11) is 0. The van der Waals surface area contributed by atoms with Gasteiger partial charge in [-0.05, 0) is 50.7 Å². The van der Waals surface area contributed by atoms with E-state index >= 15 is 0 Å². The van der Waals surface area contributed by atoms with E-state index in [-0.39, 0.29) is 17.2 Å². The quantitative estimate of drug-likeness (QED) is 0.899. The van der Waals surface area contributed by atoms with Crippen molar-refractivity contribution in [2.24, 2.45) is 5.41 Å². The molecule has 1 atom stereocenters. The van der Waals surface area contributed by atoms with Gasteiger partial charge in [-0.3, -0.25) is 9.59 Å². The van der Waals surface area contributed by atoms with Crippen molar-refractivity contribution in [2.45, 2.75) is 45.6 Å². The summed E-state index contributed by atoms with van der Waals surface area (Å²) in [5.41, 5.74) is 1.76. The lowest BCUT2D eigenvalue weighted by Crippen LogP contribution is -2.55. The van der Waals surface area contributed by atoms with Gasteiger partial charge >= 0.3 is 5.97 Å². The Hall–Kier alpha value is -2.37. The van der Waals surface area contributed by atoms with Gasteiger partial charge in [0, 0.05) is 31.6 Å². The lowest BCUT2D eigenvalue weighted by Gasteiger charge is -2.48. The van der Waals surface area contributed by atoms with Crippen molar-refractivity contribution in [3.63, 3.8) is 0 Å². The number of hydrogen-bond acceptors (Lipinski definition) is 3. The number of carbonyl (C=O) groups is 3. The summed E-state index contributed by atoms with van der Waals surface area (Å²) >= 11 is 0. The fourth-order valence-corrected chi connectivity index (χ4v) is 4.00. The molecular weight excluding hydrogens is 332 g/mol. The highest BCUT2D eigenvalue weighted by Crippen LogP contribution is 2.41. The Morgan fingerprint density at radius 1 is 1.12 bits per heavy atom. The Bertz CT molecular complexity index is 705. The molecule has 2 fully saturated rings. The number of amides is 2. The molecule has 6 nitrogen and oxygen atoms in total. The van der Waals surface area contributed by atoms with E-state index in [0.717, 1.165) is 24.8 Å². The Labute approximate surface area is 153 Å². The highest BCUT2D eigenvalue weighted by molar-refractivity contribution is 5.94. The van der Waals surface area contributed by atoms with Gasteiger partial charge in [0.25, 0.3) is 5.91 Å². The first kappa shape index (κ1) is 18.4. The molecule has 2 heterocycles. The molecule has 6 heteroatoms. The van der Waals surface area contributed by atoms with E-state index in [1.165, 1.54) is 4.90 Å². The van der Waals surface area contributed by atoms with Crippen molar-refractivity contribution >= 4 is 17.8 Å². The van der Waals surface area contributed by atoms with Crippen LogP contribution in [0.1, 0.15) is 48.5 Å². The number of rotatable bonds is 3. The Morgan fingerprint density at radius 3 is 2.31 bits per heavy atom. The Balaban J connectivity index is 1.65. The third-order valence-electron chi connectivity index (χ3n) is 5.93. The summed E-state index contributed by atoms with van der Waals surface area (Å²) in [4.78, 5) is 39.5. The van der Waals surface area contributed by atoms with Crippen LogP contribution in [0.25, 0.3) is 0 Å². The van der Waals surface area contributed by atoms with Gasteiger partial charge in [0.1, 0.15) is 6.04 Å². The summed E-state index contributed by atoms with van der Waals surface area (Å²) in [6, 6.07) is 6.80. The number of aliphatic carboxylic acids is 1. The molecule has 2 aliphatic heterocycles. The zero-order valence-electron chi connectivity index (χ0n) is 15.4. The van der Waals surface area contributed by atoms with Crippen molar-refractivity contribution < 1.29 is 19.5 Å². The molecule has 0 aromatic heterocycles. The number of carbonyl (C=O) groups excluding carboxylic acids is 2. The second-order valence-corrected chi connectivity index (χ2v) is 7.69. The number of benzene rings is 1. The molecule has 0 radical (unpaired) electrons. The SMILES string of the molecule is Cc1ccc(C(=O)N2CCC3(CCC(=O)N(C(C)C(=O)O)C3)CC2)cc1. The minimum absolute atomic E-state index is 0.0440. The Kier molecular flexibility index (Phi) is 5.03. The molecule has 1 spiro atoms. The standard InChI is InChI=1S/C20H26N2O4/c1-14-3-5-16(6-4-14)18(24)21-11-9-20(10-12-21)8-7-17(23)22(13-20)15(2)19(25)26/h3-6,15H,7-13H2,1-2H3,(H,25,26). The second-order valence-electron chi connectivity index (χ2n) is 7.69. The van der Waals surface area contributed by atoms with Crippen molar-refractivity contribution in [3.05, 3.63) is 35.4 Å². The van der Waals surface area contributed by atoms with Crippen LogP contribution in [0.5, 0.6) is 0 Å². The second kappa shape index (κ2) is 7.09. The summed E-state index contributed by atoms with van der Waals surface area (Å²) in [6.45, 7) is 5.33. The van der Waals surface area contributed by atoms with Crippen LogP contribution in [-0.2, 0) is 9.59 Å². The first-order chi connectivity index (χ1) is 12.3. The summed E-state index contributed by atoms with van der Waals surface area (Å²) in [5, 5.41) is 9.25. The number of aryl methyl sites for hydroxylation is 1. The summed E-state index contributed by atoms with van der Waals surface area (Å²) in [5.74, 6) is -1.01. The van der Waals surface area contributed by atoms with Crippen molar-refractivity contribution in [1.82, 2.24) is 9.80 Å². The third-order valence-corrected chi connectivity index (χ3v) is 5.93. The van der Waals surface area contributed by atoms with Gasteiger partial charge in [-0.25, -0.2) is 4.79 Å². The molecule has 3 rings (SSSR count). The number of likely N-dealkylation sites (tertiary alicyclic amines) is 2. The molecule has 2 aliphatic rings. The van der Waals surface area contributed by atoms with E-state index in [1.54, 1.807) is 6.92 Å². The van der Waals surface area contributed by atoms with E-state index in [4.69, 9.17) is 0 Å². The van der Waals surface area contributed by atoms with Gasteiger partial charge in [0.2, 0.25) is 5.91 Å². The van der Waals surface area contributed by atoms with Crippen LogP contribution in [0.3, 0.4) is 0 Å². The van der Waals surface area contributed by atoms with Crippen LogP contribution in [0, 0.1) is 12.3 Å². The number of piperidine rings is 2. The smallest absolute Gasteiger partial charge is 0.326 e. The Morgan fingerprint density at radius 2 is 1.73 bits per heavy atom. The van der Waals surface area contributed by atoms with Crippen molar-refractivity contribution in [2.75, 3.05) is 19.6 Å². The predicted octanol–water partition coefficient (Wildman–Crippen LogP) is 2.31. The number of hydrogen-bond donors (Lipinski definition) is 1. The topological polar surface area (TPSA) is 77.9 Å². The molecular formula is C20H26N2O4. The first-order valence-corrected chi connectivity index (χ1v) is 9.20. The van der Waals surface area contributed by atoms with E-state index < -0.39 is 12.0 Å². The fourth-order valence-electron chi connectivity index (χ4n) is 4.00. The average molecular weight is 358 g/mol. The van der Waals surface area contributed by atoms with Gasteiger partial charge in [-0.2, -0.15) is 0 Å². The number of carboxylic acid groups (broad SMARTS) is 1. The molecule has 1 unspecified atom stereocenters. The molecule has 2 amide bonds. The van der Waals surface area contributed by atoms with Gasteiger partial charge in [-0.1, -0.05) is 17.7 Å². The number of carboxylic acids is 1. The molecule has 0 aliphatic carbocycles. The maximum absolute atomic E-state index is 12.7. The van der Waals surface area contributed by atoms with E-state index in [9.17, 15) is 19.5 Å². The molecule has 0 saturated carbocycles. The monoisotopic (exact) mass is 358 g/mol. The largest absolute Gasteiger partial charge is 0.480 e. The van der Waals surface area contributed by atoms with Gasteiger partial charge in [-0.15, -0.1) is 0 Å². The maximum Gasteiger partial charge on any atom is 0.326 e. The van der Waals surface area contributed by atoms with Crippen LogP contribution in [0.2, 0.25) is 0 Å². The van der Waals surface area contributed by atoms with E-state index in [0.29, 0.717) is 31.6 Å². The average Bonchev–Trinajstić information content (AvgIpc) is 2.64. The molecule has 1 aromatic rings. The van der Waals surface area contributed by atoms with E-state index in [1.807, 2.05) is 36.1 Å². The van der Waals surface area contributed by atoms with Gasteiger partial charge < -0.3 is 14.9 Å². The molecule has 26 heavy (non-hydrogen) atoms. The molecule has 2 saturated heterocycles. The zero-order chi connectivity index (χ0) is 18.9. The lowest BCUT2D eigenvalue weighted by atomic mass is 9.72. The maximum atomic E-state index is 12.7. The summed E-state index contributed by atoms with van der Waals surface area (Å²) < 4.78 is 0. The summed E-state index contributed by atoms with van der Waals surface area (Å²) in [6.07, 6.45) is 2.78.